The first-order valence-corrected chi connectivity index (χ1v) is 8.23. The fraction of sp³-hybridized carbons (Fsp3) is 0.200. The van der Waals surface area contributed by atoms with Crippen molar-refractivity contribution in [3.63, 3.8) is 0 Å². The zero-order valence-corrected chi connectivity index (χ0v) is 12.9. The second-order valence-corrected chi connectivity index (χ2v) is 6.56. The Labute approximate surface area is 131 Å². The van der Waals surface area contributed by atoms with Gasteiger partial charge in [-0.2, -0.15) is 0 Å². The molecule has 1 amide bonds. The Bertz CT molecular complexity index is 611. The minimum Gasteiger partial charge on any atom is -0.481 e. The van der Waals surface area contributed by atoms with Gasteiger partial charge in [0.2, 0.25) is 5.91 Å². The third-order valence-corrected chi connectivity index (χ3v) is 4.91. The highest BCUT2D eigenvalue weighted by atomic mass is 32.2. The van der Waals surface area contributed by atoms with Crippen molar-refractivity contribution < 1.29 is 14.7 Å². The van der Waals surface area contributed by atoms with Crippen LogP contribution in [0.2, 0.25) is 0 Å². The average molecular weight is 321 g/mol. The number of benzene rings is 1. The Morgan fingerprint density at radius 2 is 1.90 bits per heavy atom. The van der Waals surface area contributed by atoms with Gasteiger partial charge in [0.1, 0.15) is 0 Å². The van der Waals surface area contributed by atoms with Gasteiger partial charge in [0.15, 0.2) is 0 Å². The Hall–Kier alpha value is -1.79. The van der Waals surface area contributed by atoms with E-state index in [1.165, 1.54) is 11.8 Å². The van der Waals surface area contributed by atoms with E-state index in [1.807, 2.05) is 29.6 Å². The van der Waals surface area contributed by atoms with Gasteiger partial charge < -0.3 is 10.4 Å². The molecule has 0 fully saturated rings. The molecule has 0 saturated heterocycles. The van der Waals surface area contributed by atoms with Crippen molar-refractivity contribution in [3.05, 3.63) is 52.9 Å². The normalized spacial score (nSPS) is 10.3. The highest BCUT2D eigenvalue weighted by Gasteiger charge is 2.08. The maximum atomic E-state index is 11.8. The molecule has 0 unspecified atom stereocenters. The number of hydrogen-bond donors (Lipinski definition) is 2. The van der Waals surface area contributed by atoms with E-state index in [9.17, 15) is 9.59 Å². The van der Waals surface area contributed by atoms with Crippen molar-refractivity contribution in [2.75, 3.05) is 5.75 Å². The van der Waals surface area contributed by atoms with Crippen LogP contribution in [0.3, 0.4) is 0 Å². The van der Waals surface area contributed by atoms with Crippen molar-refractivity contribution in [3.8, 4) is 0 Å². The van der Waals surface area contributed by atoms with Crippen LogP contribution in [0.15, 0.2) is 46.0 Å². The summed E-state index contributed by atoms with van der Waals surface area (Å²) in [6, 6.07) is 11.2. The zero-order chi connectivity index (χ0) is 15.1. The lowest BCUT2D eigenvalue weighted by atomic mass is 10.0. The molecule has 6 heteroatoms. The maximum absolute atomic E-state index is 11.8. The number of carbonyl (C=O) groups is 2. The molecule has 110 valence electrons. The SMILES string of the molecule is O=C(O)Cc1ccccc1CNC(=O)CSc1cccs1. The summed E-state index contributed by atoms with van der Waals surface area (Å²) in [5, 5.41) is 13.7. The smallest absolute Gasteiger partial charge is 0.307 e. The summed E-state index contributed by atoms with van der Waals surface area (Å²) in [5.74, 6) is -0.567. The number of carboxylic acids is 1. The molecule has 2 rings (SSSR count). The van der Waals surface area contributed by atoms with Crippen LogP contribution >= 0.6 is 23.1 Å². The summed E-state index contributed by atoms with van der Waals surface area (Å²) < 4.78 is 1.11. The van der Waals surface area contributed by atoms with Crippen LogP contribution in [0, 0.1) is 0 Å². The number of carbonyl (C=O) groups excluding carboxylic acids is 1. The molecule has 0 aliphatic heterocycles. The molecule has 1 heterocycles. The van der Waals surface area contributed by atoms with Crippen LogP contribution in [-0.4, -0.2) is 22.7 Å². The fourth-order valence-electron chi connectivity index (χ4n) is 1.79. The number of thiophene rings is 1. The van der Waals surface area contributed by atoms with E-state index in [4.69, 9.17) is 5.11 Å². The van der Waals surface area contributed by atoms with E-state index in [1.54, 1.807) is 23.5 Å². The van der Waals surface area contributed by atoms with Crippen LogP contribution < -0.4 is 5.32 Å². The van der Waals surface area contributed by atoms with Gasteiger partial charge in [-0.3, -0.25) is 9.59 Å². The standard InChI is InChI=1S/C15H15NO3S2/c17-13(10-21-15-6-3-7-20-15)16-9-12-5-2-1-4-11(12)8-14(18)19/h1-7H,8-10H2,(H,16,17)(H,18,19). The van der Waals surface area contributed by atoms with Gasteiger partial charge >= 0.3 is 5.97 Å². The van der Waals surface area contributed by atoms with Crippen molar-refractivity contribution in [2.45, 2.75) is 17.2 Å². The van der Waals surface area contributed by atoms with Gasteiger partial charge in [-0.15, -0.1) is 23.1 Å². The van der Waals surface area contributed by atoms with E-state index in [2.05, 4.69) is 5.32 Å². The molecule has 0 spiro atoms. The second kappa shape index (κ2) is 7.85. The first-order valence-electron chi connectivity index (χ1n) is 6.36. The van der Waals surface area contributed by atoms with E-state index >= 15 is 0 Å². The minimum atomic E-state index is -0.873. The number of hydrogen-bond acceptors (Lipinski definition) is 4. The molecule has 0 bridgehead atoms. The van der Waals surface area contributed by atoms with E-state index in [-0.39, 0.29) is 12.3 Å². The van der Waals surface area contributed by atoms with Crippen molar-refractivity contribution in [1.29, 1.82) is 0 Å². The molecule has 0 aliphatic carbocycles. The number of amides is 1. The van der Waals surface area contributed by atoms with Crippen LogP contribution in [0.1, 0.15) is 11.1 Å². The lowest BCUT2D eigenvalue weighted by molar-refractivity contribution is -0.136. The summed E-state index contributed by atoms with van der Waals surface area (Å²) in [5.41, 5.74) is 1.57. The van der Waals surface area contributed by atoms with Crippen LogP contribution in [0.25, 0.3) is 0 Å². The molecule has 0 atom stereocenters. The predicted octanol–water partition coefficient (Wildman–Crippen LogP) is 2.78. The third kappa shape index (κ3) is 5.24. The fourth-order valence-corrected chi connectivity index (χ4v) is 3.41. The van der Waals surface area contributed by atoms with Crippen LogP contribution in [-0.2, 0) is 22.6 Å². The molecule has 2 N–H and O–H groups in total. The molecule has 0 aliphatic rings. The van der Waals surface area contributed by atoms with Gasteiger partial charge in [-0.25, -0.2) is 0 Å². The average Bonchev–Trinajstić information content (AvgIpc) is 2.97. The van der Waals surface area contributed by atoms with Gasteiger partial charge in [0, 0.05) is 6.54 Å². The van der Waals surface area contributed by atoms with E-state index < -0.39 is 5.97 Å². The molecule has 2 aromatic rings. The van der Waals surface area contributed by atoms with Crippen LogP contribution in [0.5, 0.6) is 0 Å². The van der Waals surface area contributed by atoms with Gasteiger partial charge in [0.05, 0.1) is 16.4 Å². The van der Waals surface area contributed by atoms with Gasteiger partial charge in [-0.1, -0.05) is 30.3 Å². The Balaban J connectivity index is 1.84. The van der Waals surface area contributed by atoms with Gasteiger partial charge in [0.25, 0.3) is 0 Å². The predicted molar refractivity (Wildman–Crippen MR) is 84.7 cm³/mol. The summed E-state index contributed by atoms with van der Waals surface area (Å²) in [7, 11) is 0. The molecule has 0 saturated carbocycles. The van der Waals surface area contributed by atoms with Crippen molar-refractivity contribution in [1.82, 2.24) is 5.32 Å². The lowest BCUT2D eigenvalue weighted by Crippen LogP contribution is -2.25. The largest absolute Gasteiger partial charge is 0.481 e. The monoisotopic (exact) mass is 321 g/mol. The number of rotatable bonds is 7. The summed E-state index contributed by atoms with van der Waals surface area (Å²) in [4.78, 5) is 22.6. The summed E-state index contributed by atoms with van der Waals surface area (Å²) in [6.07, 6.45) is -0.0318. The molecular formula is C15H15NO3S2. The first kappa shape index (κ1) is 15.6. The van der Waals surface area contributed by atoms with Gasteiger partial charge in [-0.05, 0) is 22.6 Å². The molecule has 21 heavy (non-hydrogen) atoms. The summed E-state index contributed by atoms with van der Waals surface area (Å²) in [6.45, 7) is 0.354. The molecule has 0 radical (unpaired) electrons. The highest BCUT2D eigenvalue weighted by molar-refractivity contribution is 8.01. The quantitative estimate of drug-likeness (QED) is 0.770. The molecule has 1 aromatic carbocycles. The molecular weight excluding hydrogens is 306 g/mol. The van der Waals surface area contributed by atoms with E-state index in [0.717, 1.165) is 15.3 Å². The maximum Gasteiger partial charge on any atom is 0.307 e. The Morgan fingerprint density at radius 3 is 2.57 bits per heavy atom. The second-order valence-electron chi connectivity index (χ2n) is 4.34. The summed E-state index contributed by atoms with van der Waals surface area (Å²) >= 11 is 3.10. The topological polar surface area (TPSA) is 66.4 Å². The highest BCUT2D eigenvalue weighted by Crippen LogP contribution is 2.22. The lowest BCUT2D eigenvalue weighted by Gasteiger charge is -2.09. The van der Waals surface area contributed by atoms with Crippen LogP contribution in [0.4, 0.5) is 0 Å². The number of aliphatic carboxylic acids is 1. The number of nitrogens with one attached hydrogen (secondary N) is 1. The zero-order valence-electron chi connectivity index (χ0n) is 11.2. The number of carboxylic acid groups (broad SMARTS) is 1. The minimum absolute atomic E-state index is 0.0318. The number of thioether (sulfide) groups is 1. The van der Waals surface area contributed by atoms with Crippen molar-refractivity contribution >= 4 is 35.0 Å². The molecule has 4 nitrogen and oxygen atoms in total. The van der Waals surface area contributed by atoms with E-state index in [0.29, 0.717) is 12.3 Å². The third-order valence-electron chi connectivity index (χ3n) is 2.78. The molecule has 1 aromatic heterocycles. The Morgan fingerprint density at radius 1 is 1.14 bits per heavy atom. The Kier molecular flexibility index (Phi) is 5.83. The first-order chi connectivity index (χ1) is 10.1. The van der Waals surface area contributed by atoms with Crippen molar-refractivity contribution in [2.24, 2.45) is 0 Å².